The largest absolute Gasteiger partial charge is 0.494 e. The Morgan fingerprint density at radius 3 is 2.56 bits per heavy atom. The van der Waals surface area contributed by atoms with Gasteiger partial charge in [0.1, 0.15) is 11.4 Å². The number of anilines is 1. The number of rotatable bonds is 7. The molecule has 7 heteroatoms. The van der Waals surface area contributed by atoms with Gasteiger partial charge < -0.3 is 4.74 Å². The fraction of sp³-hybridized carbons (Fsp3) is 0.444. The first-order chi connectivity index (χ1) is 11.9. The Morgan fingerprint density at radius 2 is 1.96 bits per heavy atom. The second kappa shape index (κ2) is 8.41. The number of unbranched alkanes of at least 4 members (excludes halogenated alkanes) is 1. The van der Waals surface area contributed by atoms with E-state index in [1.165, 1.54) is 0 Å². The Labute approximate surface area is 147 Å². The minimum Gasteiger partial charge on any atom is -0.494 e. The average Bonchev–Trinajstić information content (AvgIpc) is 2.55. The second-order valence-corrected chi connectivity index (χ2v) is 6.74. The van der Waals surface area contributed by atoms with Gasteiger partial charge in [0, 0.05) is 5.41 Å². The van der Waals surface area contributed by atoms with E-state index in [4.69, 9.17) is 4.74 Å². The van der Waals surface area contributed by atoms with Gasteiger partial charge >= 0.3 is 0 Å². The third-order valence-electron chi connectivity index (χ3n) is 3.44. The fourth-order valence-corrected chi connectivity index (χ4v) is 2.03. The zero-order valence-corrected chi connectivity index (χ0v) is 15.2. The van der Waals surface area contributed by atoms with Crippen molar-refractivity contribution in [2.75, 3.05) is 12.0 Å². The summed E-state index contributed by atoms with van der Waals surface area (Å²) in [4.78, 5) is 14.6. The van der Waals surface area contributed by atoms with Gasteiger partial charge in [0.25, 0.3) is 5.56 Å². The number of H-pyrrole nitrogens is 1. The van der Waals surface area contributed by atoms with E-state index in [9.17, 15) is 4.79 Å². The van der Waals surface area contributed by atoms with Gasteiger partial charge in [-0.1, -0.05) is 34.1 Å². The van der Waals surface area contributed by atoms with Crippen LogP contribution in [-0.4, -0.2) is 28.0 Å². The Morgan fingerprint density at radius 1 is 1.24 bits per heavy atom. The number of aromatic amines is 1. The van der Waals surface area contributed by atoms with Crippen LogP contribution in [0.5, 0.6) is 5.75 Å². The van der Waals surface area contributed by atoms with Gasteiger partial charge in [-0.25, -0.2) is 5.43 Å². The van der Waals surface area contributed by atoms with Crippen molar-refractivity contribution in [3.8, 4) is 5.75 Å². The lowest BCUT2D eigenvalue weighted by atomic mass is 9.93. The number of hydrogen-bond acceptors (Lipinski definition) is 6. The number of nitrogens with one attached hydrogen (secondary N) is 2. The molecule has 2 aromatic rings. The monoisotopic (exact) mass is 343 g/mol. The summed E-state index contributed by atoms with van der Waals surface area (Å²) in [5.74, 6) is 1.04. The first-order valence-electron chi connectivity index (χ1n) is 8.39. The second-order valence-electron chi connectivity index (χ2n) is 6.74. The van der Waals surface area contributed by atoms with Crippen LogP contribution < -0.4 is 15.7 Å². The summed E-state index contributed by atoms with van der Waals surface area (Å²) >= 11 is 0. The molecule has 0 unspecified atom stereocenters. The Balaban J connectivity index is 1.94. The molecule has 0 aliphatic rings. The summed E-state index contributed by atoms with van der Waals surface area (Å²) in [6.45, 7) is 8.58. The molecule has 2 N–H and O–H groups in total. The van der Waals surface area contributed by atoms with Crippen molar-refractivity contribution in [3.05, 3.63) is 45.9 Å². The lowest BCUT2D eigenvalue weighted by Gasteiger charge is -2.15. The molecular formula is C18H25N5O2. The zero-order chi connectivity index (χ0) is 18.3. The Bertz CT molecular complexity index is 760. The third kappa shape index (κ3) is 5.70. The molecule has 2 rings (SSSR count). The van der Waals surface area contributed by atoms with Crippen LogP contribution in [-0.2, 0) is 5.41 Å². The summed E-state index contributed by atoms with van der Waals surface area (Å²) in [6, 6.07) is 7.61. The molecule has 1 aromatic heterocycles. The summed E-state index contributed by atoms with van der Waals surface area (Å²) in [5.41, 5.74) is 3.34. The normalized spacial score (nSPS) is 11.7. The van der Waals surface area contributed by atoms with E-state index in [-0.39, 0.29) is 16.9 Å². The highest BCUT2D eigenvalue weighted by molar-refractivity contribution is 5.80. The number of benzene rings is 1. The molecule has 0 radical (unpaired) electrons. The van der Waals surface area contributed by atoms with E-state index in [1.807, 2.05) is 45.0 Å². The molecule has 0 saturated carbocycles. The molecule has 25 heavy (non-hydrogen) atoms. The molecule has 0 atom stereocenters. The molecule has 0 aliphatic heterocycles. The van der Waals surface area contributed by atoms with E-state index in [2.05, 4.69) is 32.6 Å². The minimum absolute atomic E-state index is 0.203. The van der Waals surface area contributed by atoms with Gasteiger partial charge in [-0.15, -0.1) is 10.2 Å². The van der Waals surface area contributed by atoms with Crippen LogP contribution in [0.4, 0.5) is 5.95 Å². The minimum atomic E-state index is -0.358. The van der Waals surface area contributed by atoms with Gasteiger partial charge in [0.2, 0.25) is 5.95 Å². The smallest absolute Gasteiger partial charge is 0.274 e. The molecule has 1 aromatic carbocycles. The van der Waals surface area contributed by atoms with Gasteiger partial charge in [-0.05, 0) is 36.2 Å². The first-order valence-corrected chi connectivity index (χ1v) is 8.39. The van der Waals surface area contributed by atoms with Crippen molar-refractivity contribution in [1.29, 1.82) is 0 Å². The number of nitrogens with zero attached hydrogens (tertiary/aromatic N) is 3. The summed E-state index contributed by atoms with van der Waals surface area (Å²) < 4.78 is 5.61. The number of hydrazone groups is 1. The predicted octanol–water partition coefficient (Wildman–Crippen LogP) is 3.09. The van der Waals surface area contributed by atoms with Crippen LogP contribution in [0.15, 0.2) is 34.2 Å². The summed E-state index contributed by atoms with van der Waals surface area (Å²) in [6.07, 6.45) is 3.78. The maximum atomic E-state index is 12.0. The SMILES string of the molecule is CCCCOc1ccc(/C=N/Nc2nnc(C(C)(C)C)c(=O)[nH]2)cc1. The van der Waals surface area contributed by atoms with Crippen LogP contribution in [0.25, 0.3) is 0 Å². The van der Waals surface area contributed by atoms with Crippen molar-refractivity contribution in [3.63, 3.8) is 0 Å². The van der Waals surface area contributed by atoms with Gasteiger partial charge in [-0.3, -0.25) is 9.78 Å². The van der Waals surface area contributed by atoms with Crippen LogP contribution >= 0.6 is 0 Å². The van der Waals surface area contributed by atoms with E-state index >= 15 is 0 Å². The fourth-order valence-electron chi connectivity index (χ4n) is 2.03. The van der Waals surface area contributed by atoms with Crippen LogP contribution in [0, 0.1) is 0 Å². The van der Waals surface area contributed by atoms with Crippen LogP contribution in [0.2, 0.25) is 0 Å². The van der Waals surface area contributed by atoms with Gasteiger partial charge in [-0.2, -0.15) is 5.10 Å². The molecule has 7 nitrogen and oxygen atoms in total. The summed E-state index contributed by atoms with van der Waals surface area (Å²) in [5, 5.41) is 12.0. The third-order valence-corrected chi connectivity index (χ3v) is 3.44. The molecule has 1 heterocycles. The topological polar surface area (TPSA) is 92.3 Å². The standard InChI is InChI=1S/C18H25N5O2/c1-5-6-11-25-14-9-7-13(8-10-14)12-19-22-17-20-16(24)15(21-23-17)18(2,3)4/h7-10,12H,5-6,11H2,1-4H3,(H2,20,22,23,24)/b19-12+. The van der Waals surface area contributed by atoms with Crippen molar-refractivity contribution >= 4 is 12.2 Å². The lowest BCUT2D eigenvalue weighted by Crippen LogP contribution is -2.28. The molecule has 0 spiro atoms. The van der Waals surface area contributed by atoms with Crippen molar-refractivity contribution in [2.24, 2.45) is 5.10 Å². The van der Waals surface area contributed by atoms with Gasteiger partial charge in [0.05, 0.1) is 12.8 Å². The lowest BCUT2D eigenvalue weighted by molar-refractivity contribution is 0.309. The Hall–Kier alpha value is -2.70. The molecule has 0 bridgehead atoms. The highest BCUT2D eigenvalue weighted by Gasteiger charge is 2.20. The molecule has 0 fully saturated rings. The van der Waals surface area contributed by atoms with Crippen molar-refractivity contribution < 1.29 is 4.74 Å². The van der Waals surface area contributed by atoms with Gasteiger partial charge in [0.15, 0.2) is 0 Å². The van der Waals surface area contributed by atoms with Crippen LogP contribution in [0.3, 0.4) is 0 Å². The van der Waals surface area contributed by atoms with E-state index in [0.717, 1.165) is 30.8 Å². The Kier molecular flexibility index (Phi) is 6.27. The van der Waals surface area contributed by atoms with E-state index < -0.39 is 0 Å². The quantitative estimate of drug-likeness (QED) is 0.458. The number of hydrogen-bond donors (Lipinski definition) is 2. The molecular weight excluding hydrogens is 318 g/mol. The molecule has 134 valence electrons. The van der Waals surface area contributed by atoms with Crippen molar-refractivity contribution in [2.45, 2.75) is 46.0 Å². The maximum Gasteiger partial charge on any atom is 0.274 e. The summed E-state index contributed by atoms with van der Waals surface area (Å²) in [7, 11) is 0. The first kappa shape index (κ1) is 18.6. The van der Waals surface area contributed by atoms with E-state index in [0.29, 0.717) is 5.69 Å². The molecule has 0 saturated heterocycles. The molecule has 0 amide bonds. The highest BCUT2D eigenvalue weighted by atomic mass is 16.5. The van der Waals surface area contributed by atoms with Crippen LogP contribution in [0.1, 0.15) is 51.8 Å². The predicted molar refractivity (Wildman–Crippen MR) is 99.4 cm³/mol. The van der Waals surface area contributed by atoms with E-state index in [1.54, 1.807) is 6.21 Å². The number of ether oxygens (including phenoxy) is 1. The maximum absolute atomic E-state index is 12.0. The average molecular weight is 343 g/mol. The highest BCUT2D eigenvalue weighted by Crippen LogP contribution is 2.15. The van der Waals surface area contributed by atoms with Crippen molar-refractivity contribution in [1.82, 2.24) is 15.2 Å². The number of aromatic nitrogens is 3. The zero-order valence-electron chi connectivity index (χ0n) is 15.2. The molecule has 0 aliphatic carbocycles.